The van der Waals surface area contributed by atoms with Gasteiger partial charge >= 0.3 is 6.61 Å². The molecule has 0 aromatic heterocycles. The van der Waals surface area contributed by atoms with Gasteiger partial charge in [0.25, 0.3) is 0 Å². The molecule has 0 bridgehead atoms. The second kappa shape index (κ2) is 9.42. The minimum absolute atomic E-state index is 0.0537. The fourth-order valence-corrected chi connectivity index (χ4v) is 2.19. The minimum Gasteiger partial charge on any atom is -0.493 e. The molecule has 0 saturated heterocycles. The molecule has 6 heteroatoms. The monoisotopic (exact) mass is 347 g/mol. The van der Waals surface area contributed by atoms with Gasteiger partial charge in [0.2, 0.25) is 5.91 Å². The van der Waals surface area contributed by atoms with Crippen LogP contribution in [0.1, 0.15) is 11.1 Å². The van der Waals surface area contributed by atoms with Gasteiger partial charge in [-0.05, 0) is 35.8 Å². The molecule has 4 nitrogen and oxygen atoms in total. The molecular formula is C19H19F2NO3. The van der Waals surface area contributed by atoms with Crippen molar-refractivity contribution in [2.24, 2.45) is 0 Å². The van der Waals surface area contributed by atoms with E-state index in [4.69, 9.17) is 4.74 Å². The number of amides is 1. The van der Waals surface area contributed by atoms with E-state index in [0.717, 1.165) is 12.0 Å². The first-order valence-corrected chi connectivity index (χ1v) is 7.71. The number of rotatable bonds is 8. The number of methoxy groups -OCH3 is 1. The van der Waals surface area contributed by atoms with Crippen molar-refractivity contribution in [1.82, 2.24) is 5.32 Å². The summed E-state index contributed by atoms with van der Waals surface area (Å²) < 4.78 is 33.9. The van der Waals surface area contributed by atoms with E-state index < -0.39 is 6.61 Å². The Morgan fingerprint density at radius 2 is 1.92 bits per heavy atom. The number of halogens is 2. The van der Waals surface area contributed by atoms with Gasteiger partial charge in [-0.3, -0.25) is 4.79 Å². The van der Waals surface area contributed by atoms with Crippen LogP contribution in [0.25, 0.3) is 6.08 Å². The van der Waals surface area contributed by atoms with Crippen LogP contribution in [0.15, 0.2) is 54.6 Å². The first-order chi connectivity index (χ1) is 12.1. The molecule has 0 fully saturated rings. The molecule has 0 aliphatic heterocycles. The van der Waals surface area contributed by atoms with Crippen LogP contribution in [0.2, 0.25) is 0 Å². The Morgan fingerprint density at radius 1 is 1.16 bits per heavy atom. The predicted molar refractivity (Wildman–Crippen MR) is 91.8 cm³/mol. The quantitative estimate of drug-likeness (QED) is 0.741. The summed E-state index contributed by atoms with van der Waals surface area (Å²) in [5.74, 6) is -0.114. The van der Waals surface area contributed by atoms with Crippen LogP contribution in [0.3, 0.4) is 0 Å². The van der Waals surface area contributed by atoms with Crippen molar-refractivity contribution >= 4 is 12.0 Å². The van der Waals surface area contributed by atoms with Crippen molar-refractivity contribution in [3.05, 3.63) is 65.7 Å². The van der Waals surface area contributed by atoms with E-state index in [1.807, 2.05) is 30.3 Å². The number of carbonyl (C=O) groups is 1. The Kier molecular flexibility index (Phi) is 6.95. The molecule has 132 valence electrons. The lowest BCUT2D eigenvalue weighted by Gasteiger charge is -2.10. The normalized spacial score (nSPS) is 10.9. The number of nitrogens with one attached hydrogen (secondary N) is 1. The largest absolute Gasteiger partial charge is 0.493 e. The average molecular weight is 347 g/mol. The number of hydrogen-bond donors (Lipinski definition) is 1. The molecule has 25 heavy (non-hydrogen) atoms. The van der Waals surface area contributed by atoms with E-state index >= 15 is 0 Å². The Morgan fingerprint density at radius 3 is 2.60 bits per heavy atom. The van der Waals surface area contributed by atoms with Gasteiger partial charge in [0, 0.05) is 12.6 Å². The van der Waals surface area contributed by atoms with Gasteiger partial charge in [-0.1, -0.05) is 36.4 Å². The van der Waals surface area contributed by atoms with Gasteiger partial charge in [0.05, 0.1) is 7.11 Å². The van der Waals surface area contributed by atoms with Crippen LogP contribution in [-0.2, 0) is 11.2 Å². The van der Waals surface area contributed by atoms with Crippen LogP contribution in [-0.4, -0.2) is 26.2 Å². The van der Waals surface area contributed by atoms with Gasteiger partial charge in [-0.2, -0.15) is 8.78 Å². The fraction of sp³-hybridized carbons (Fsp3) is 0.211. The van der Waals surface area contributed by atoms with Crippen LogP contribution in [0, 0.1) is 0 Å². The molecule has 1 amide bonds. The highest BCUT2D eigenvalue weighted by atomic mass is 19.3. The second-order valence-corrected chi connectivity index (χ2v) is 5.15. The predicted octanol–water partition coefficient (Wildman–Crippen LogP) is 3.67. The smallest absolute Gasteiger partial charge is 0.387 e. The van der Waals surface area contributed by atoms with Crippen molar-refractivity contribution in [1.29, 1.82) is 0 Å². The topological polar surface area (TPSA) is 47.6 Å². The maximum absolute atomic E-state index is 12.3. The lowest BCUT2D eigenvalue weighted by molar-refractivity contribution is -0.116. The number of hydrogen-bond acceptors (Lipinski definition) is 3. The van der Waals surface area contributed by atoms with Gasteiger partial charge < -0.3 is 14.8 Å². The maximum atomic E-state index is 12.3. The molecule has 2 rings (SSSR count). The summed E-state index contributed by atoms with van der Waals surface area (Å²) in [5, 5.41) is 2.79. The average Bonchev–Trinajstić information content (AvgIpc) is 2.61. The molecular weight excluding hydrogens is 328 g/mol. The minimum atomic E-state index is -2.93. The third-order valence-electron chi connectivity index (χ3n) is 3.39. The van der Waals surface area contributed by atoms with Crippen molar-refractivity contribution in [2.45, 2.75) is 13.0 Å². The van der Waals surface area contributed by atoms with Crippen LogP contribution in [0.4, 0.5) is 8.78 Å². The summed E-state index contributed by atoms with van der Waals surface area (Å²) in [5.41, 5.74) is 1.78. The van der Waals surface area contributed by atoms with Crippen LogP contribution in [0.5, 0.6) is 11.5 Å². The van der Waals surface area contributed by atoms with E-state index in [-0.39, 0.29) is 17.4 Å². The summed E-state index contributed by atoms with van der Waals surface area (Å²) >= 11 is 0. The molecule has 0 saturated carbocycles. The Hall–Kier alpha value is -2.89. The van der Waals surface area contributed by atoms with Gasteiger partial charge in [0.1, 0.15) is 0 Å². The van der Waals surface area contributed by atoms with Gasteiger partial charge in [-0.25, -0.2) is 0 Å². The number of alkyl halides is 2. The lowest BCUT2D eigenvalue weighted by atomic mass is 10.1. The van der Waals surface area contributed by atoms with Crippen molar-refractivity contribution in [3.8, 4) is 11.5 Å². The lowest BCUT2D eigenvalue weighted by Crippen LogP contribution is -2.23. The van der Waals surface area contributed by atoms with Crippen LogP contribution < -0.4 is 14.8 Å². The standard InChI is InChI=1S/C19H19F2NO3/c1-24-17-13-15(7-9-16(17)25-19(20)21)8-10-18(23)22-12-11-14-5-3-2-4-6-14/h2-10,13,19H,11-12H2,1H3,(H,22,23)/b10-8+. The van der Waals surface area contributed by atoms with Crippen LogP contribution >= 0.6 is 0 Å². The molecule has 0 spiro atoms. The van der Waals surface area contributed by atoms with Gasteiger partial charge in [0.15, 0.2) is 11.5 Å². The zero-order chi connectivity index (χ0) is 18.1. The molecule has 0 unspecified atom stereocenters. The molecule has 0 radical (unpaired) electrons. The van der Waals surface area contributed by atoms with Crippen molar-refractivity contribution < 1.29 is 23.0 Å². The third kappa shape index (κ3) is 6.25. The third-order valence-corrected chi connectivity index (χ3v) is 3.39. The summed E-state index contributed by atoms with van der Waals surface area (Å²) in [6.45, 7) is -2.40. The molecule has 0 heterocycles. The summed E-state index contributed by atoms with van der Waals surface area (Å²) in [7, 11) is 1.36. The second-order valence-electron chi connectivity index (χ2n) is 5.15. The SMILES string of the molecule is COc1cc(/C=C/C(=O)NCCc2ccccc2)ccc1OC(F)F. The summed E-state index contributed by atoms with van der Waals surface area (Å²) in [6.07, 6.45) is 3.70. The molecule has 0 aliphatic rings. The maximum Gasteiger partial charge on any atom is 0.387 e. The first-order valence-electron chi connectivity index (χ1n) is 7.71. The number of ether oxygens (including phenoxy) is 2. The Labute approximate surface area is 145 Å². The first kappa shape index (κ1) is 18.4. The Bertz CT molecular complexity index is 718. The highest BCUT2D eigenvalue weighted by Crippen LogP contribution is 2.29. The van der Waals surface area contributed by atoms with E-state index in [1.165, 1.54) is 25.3 Å². The zero-order valence-electron chi connectivity index (χ0n) is 13.7. The fourth-order valence-electron chi connectivity index (χ4n) is 2.19. The molecule has 0 atom stereocenters. The molecule has 2 aromatic rings. The number of carbonyl (C=O) groups excluding carboxylic acids is 1. The van der Waals surface area contributed by atoms with E-state index in [1.54, 1.807) is 12.1 Å². The Balaban J connectivity index is 1.88. The van der Waals surface area contributed by atoms with Crippen molar-refractivity contribution in [3.63, 3.8) is 0 Å². The molecule has 1 N–H and O–H groups in total. The van der Waals surface area contributed by atoms with Crippen molar-refractivity contribution in [2.75, 3.05) is 13.7 Å². The molecule has 2 aromatic carbocycles. The van der Waals surface area contributed by atoms with E-state index in [9.17, 15) is 13.6 Å². The highest BCUT2D eigenvalue weighted by Gasteiger charge is 2.10. The van der Waals surface area contributed by atoms with E-state index in [2.05, 4.69) is 10.1 Å². The molecule has 0 aliphatic carbocycles. The zero-order valence-corrected chi connectivity index (χ0v) is 13.7. The number of benzene rings is 2. The highest BCUT2D eigenvalue weighted by molar-refractivity contribution is 5.91. The van der Waals surface area contributed by atoms with E-state index in [0.29, 0.717) is 12.1 Å². The van der Waals surface area contributed by atoms with Gasteiger partial charge in [-0.15, -0.1) is 0 Å². The summed E-state index contributed by atoms with van der Waals surface area (Å²) in [4.78, 5) is 11.8. The summed E-state index contributed by atoms with van der Waals surface area (Å²) in [6, 6.07) is 14.3.